The summed E-state index contributed by atoms with van der Waals surface area (Å²) >= 11 is 0. The van der Waals surface area contributed by atoms with E-state index in [1.165, 1.54) is 0 Å². The molecule has 0 aromatic carbocycles. The molecule has 0 aromatic rings. The van der Waals surface area contributed by atoms with Gasteiger partial charge < -0.3 is 34.3 Å². The largest absolute Gasteiger partial charge is 0.458 e. The van der Waals surface area contributed by atoms with Crippen LogP contribution in [0.3, 0.4) is 0 Å². The number of cyclic esters (lactones) is 1. The highest BCUT2D eigenvalue weighted by molar-refractivity contribution is 5.85. The van der Waals surface area contributed by atoms with Crippen molar-refractivity contribution < 1.29 is 39.1 Å². The fourth-order valence-electron chi connectivity index (χ4n) is 10.1. The third-order valence-corrected chi connectivity index (χ3v) is 12.2. The molecule has 4 saturated carbocycles. The summed E-state index contributed by atoms with van der Waals surface area (Å²) in [5, 5.41) is 33.9. The van der Waals surface area contributed by atoms with Crippen molar-refractivity contribution in [2.45, 2.75) is 121 Å². The van der Waals surface area contributed by atoms with Gasteiger partial charge in [0.25, 0.3) is 0 Å². The molecule has 5 fully saturated rings. The number of aliphatic hydroxyl groups excluding tert-OH is 2. The maximum atomic E-state index is 12.4. The first kappa shape index (κ1) is 27.2. The second kappa shape index (κ2) is 9.52. The van der Waals surface area contributed by atoms with Gasteiger partial charge in [0.15, 0.2) is 6.29 Å². The van der Waals surface area contributed by atoms with E-state index in [0.29, 0.717) is 24.7 Å². The lowest BCUT2D eigenvalue weighted by Crippen LogP contribution is -2.62. The van der Waals surface area contributed by atoms with E-state index in [4.69, 9.17) is 18.9 Å². The smallest absolute Gasteiger partial charge is 0.331 e. The summed E-state index contributed by atoms with van der Waals surface area (Å²) < 4.78 is 23.1. The molecule has 1 saturated heterocycles. The van der Waals surface area contributed by atoms with Gasteiger partial charge in [0, 0.05) is 37.4 Å². The molecule has 0 spiro atoms. The van der Waals surface area contributed by atoms with E-state index in [0.717, 1.165) is 50.5 Å². The molecule has 8 heteroatoms. The number of esters is 1. The van der Waals surface area contributed by atoms with E-state index in [1.807, 2.05) is 6.92 Å². The predicted octanol–water partition coefficient (Wildman–Crippen LogP) is 3.11. The Labute approximate surface area is 226 Å². The highest BCUT2D eigenvalue weighted by Crippen LogP contribution is 2.70. The maximum absolute atomic E-state index is 12.4. The zero-order valence-electron chi connectivity index (χ0n) is 23.3. The van der Waals surface area contributed by atoms with Crippen LogP contribution in [0.2, 0.25) is 0 Å². The molecule has 38 heavy (non-hydrogen) atoms. The summed E-state index contributed by atoms with van der Waals surface area (Å²) in [4.78, 5) is 11.8. The van der Waals surface area contributed by atoms with Crippen LogP contribution in [0.15, 0.2) is 11.6 Å². The minimum atomic E-state index is -0.949. The monoisotopic (exact) mass is 534 g/mol. The Bertz CT molecular complexity index is 968. The van der Waals surface area contributed by atoms with Gasteiger partial charge in [-0.25, -0.2) is 4.79 Å². The zero-order chi connectivity index (χ0) is 27.0. The van der Waals surface area contributed by atoms with E-state index in [9.17, 15) is 20.1 Å². The summed E-state index contributed by atoms with van der Waals surface area (Å²) in [7, 11) is 1.63. The molecule has 0 amide bonds. The number of fused-ring (bicyclic) bond motifs is 5. The number of hydrogen-bond acceptors (Lipinski definition) is 8. The van der Waals surface area contributed by atoms with E-state index >= 15 is 0 Å². The van der Waals surface area contributed by atoms with Gasteiger partial charge in [-0.15, -0.1) is 0 Å². The van der Waals surface area contributed by atoms with E-state index in [2.05, 4.69) is 13.8 Å². The maximum Gasteiger partial charge on any atom is 0.331 e. The molecule has 0 radical (unpaired) electrons. The first-order valence-electron chi connectivity index (χ1n) is 14.8. The van der Waals surface area contributed by atoms with Gasteiger partial charge in [-0.3, -0.25) is 0 Å². The highest BCUT2D eigenvalue weighted by atomic mass is 16.7. The van der Waals surface area contributed by atoms with Crippen LogP contribution in [0.5, 0.6) is 0 Å². The SMILES string of the molecule is CO[C@H]1CC(O[C@H]2CC[C@@]3(C)[C@H](CC[C@@H]4[C@@H]3CC[C@]3(C)[C@@H](C5=CC(=O)OC5)[C@@H](O)C[C@]43O)C2)O[C@H](C)[C@H]1O. The normalized spacial score (nSPS) is 54.5. The lowest BCUT2D eigenvalue weighted by molar-refractivity contribution is -0.273. The summed E-state index contributed by atoms with van der Waals surface area (Å²) in [5.74, 6) is 0.493. The van der Waals surface area contributed by atoms with Crippen molar-refractivity contribution in [3.8, 4) is 0 Å². The number of carbonyl (C=O) groups excluding carboxylic acids is 1. The summed E-state index contributed by atoms with van der Waals surface area (Å²) in [6.45, 7) is 6.67. The second-order valence-electron chi connectivity index (χ2n) is 13.8. The van der Waals surface area contributed by atoms with Gasteiger partial charge in [-0.2, -0.15) is 0 Å². The summed E-state index contributed by atoms with van der Waals surface area (Å²) in [6, 6.07) is 0. The van der Waals surface area contributed by atoms with Gasteiger partial charge in [-0.1, -0.05) is 13.8 Å². The molecule has 13 atom stereocenters. The van der Waals surface area contributed by atoms with Crippen LogP contribution in [0.4, 0.5) is 0 Å². The van der Waals surface area contributed by atoms with Crippen molar-refractivity contribution in [1.82, 2.24) is 0 Å². The lowest BCUT2D eigenvalue weighted by Gasteiger charge is -2.63. The molecule has 8 nitrogen and oxygen atoms in total. The van der Waals surface area contributed by atoms with Crippen LogP contribution in [-0.4, -0.2) is 77.4 Å². The number of carbonyl (C=O) groups is 1. The van der Waals surface area contributed by atoms with E-state index in [-0.39, 0.29) is 54.4 Å². The Morgan fingerprint density at radius 1 is 1.05 bits per heavy atom. The molecule has 4 aliphatic carbocycles. The number of rotatable bonds is 4. The van der Waals surface area contributed by atoms with Crippen LogP contribution in [0.25, 0.3) is 0 Å². The van der Waals surface area contributed by atoms with Crippen molar-refractivity contribution in [2.75, 3.05) is 13.7 Å². The topological polar surface area (TPSA) is 115 Å². The Morgan fingerprint density at radius 2 is 1.84 bits per heavy atom. The average molecular weight is 535 g/mol. The fourth-order valence-corrected chi connectivity index (χ4v) is 10.1. The van der Waals surface area contributed by atoms with Gasteiger partial charge in [0.05, 0.1) is 30.0 Å². The Balaban J connectivity index is 1.16. The molecule has 2 aliphatic heterocycles. The number of aliphatic hydroxyl groups is 3. The third-order valence-electron chi connectivity index (χ3n) is 12.2. The highest BCUT2D eigenvalue weighted by Gasteiger charge is 2.70. The first-order chi connectivity index (χ1) is 18.0. The van der Waals surface area contributed by atoms with E-state index < -0.39 is 23.2 Å². The first-order valence-corrected chi connectivity index (χ1v) is 14.8. The molecule has 6 aliphatic rings. The Hall–Kier alpha value is -1.03. The predicted molar refractivity (Wildman–Crippen MR) is 138 cm³/mol. The molecular weight excluding hydrogens is 488 g/mol. The van der Waals surface area contributed by atoms with Crippen LogP contribution in [-0.2, 0) is 23.7 Å². The van der Waals surface area contributed by atoms with Crippen LogP contribution in [0, 0.1) is 34.5 Å². The molecule has 1 unspecified atom stereocenters. The van der Waals surface area contributed by atoms with Gasteiger partial charge in [0.1, 0.15) is 12.7 Å². The zero-order valence-corrected chi connectivity index (χ0v) is 23.3. The van der Waals surface area contributed by atoms with Crippen molar-refractivity contribution in [1.29, 1.82) is 0 Å². The number of methoxy groups -OCH3 is 1. The van der Waals surface area contributed by atoms with Crippen LogP contribution < -0.4 is 0 Å². The van der Waals surface area contributed by atoms with Crippen LogP contribution in [0.1, 0.15) is 78.6 Å². The van der Waals surface area contributed by atoms with Crippen molar-refractivity contribution in [2.24, 2.45) is 34.5 Å². The molecule has 0 aromatic heterocycles. The van der Waals surface area contributed by atoms with E-state index in [1.54, 1.807) is 13.2 Å². The van der Waals surface area contributed by atoms with Crippen molar-refractivity contribution in [3.63, 3.8) is 0 Å². The molecule has 6 rings (SSSR count). The van der Waals surface area contributed by atoms with Crippen LogP contribution >= 0.6 is 0 Å². The molecule has 2 heterocycles. The second-order valence-corrected chi connectivity index (χ2v) is 13.8. The minimum Gasteiger partial charge on any atom is -0.458 e. The van der Waals surface area contributed by atoms with Crippen molar-refractivity contribution >= 4 is 5.97 Å². The third kappa shape index (κ3) is 3.96. The summed E-state index contributed by atoms with van der Waals surface area (Å²) in [5.41, 5.74) is -0.440. The standard InChI is InChI=1S/C30H46O8/c1-16-27(33)23(35-4)13-25(37-16)38-19-7-9-28(2)18(12-19)5-6-21-20(28)8-10-29(3)26(17-11-24(32)36-15-17)22(31)14-30(21,29)34/h11,16,18-23,25-27,31,33-34H,5-10,12-15H2,1-4H3/t16-,18-,19+,20+,21-,22+,23+,25?,26+,27-,28+,29-,30+/m1/s1. The Morgan fingerprint density at radius 3 is 2.55 bits per heavy atom. The molecule has 214 valence electrons. The summed E-state index contributed by atoms with van der Waals surface area (Å²) in [6.07, 6.45) is 7.17. The van der Waals surface area contributed by atoms with Crippen molar-refractivity contribution in [3.05, 3.63) is 11.6 Å². The minimum absolute atomic E-state index is 0.121. The van der Waals surface area contributed by atoms with Gasteiger partial charge >= 0.3 is 5.97 Å². The fraction of sp³-hybridized carbons (Fsp3) is 0.900. The average Bonchev–Trinajstić information content (AvgIpc) is 3.37. The molecule has 3 N–H and O–H groups in total. The Kier molecular flexibility index (Phi) is 6.80. The number of ether oxygens (including phenoxy) is 4. The molecule has 0 bridgehead atoms. The quantitative estimate of drug-likeness (QED) is 0.372. The molecular formula is C30H46O8. The van der Waals surface area contributed by atoms with Gasteiger partial charge in [0.2, 0.25) is 0 Å². The van der Waals surface area contributed by atoms with Gasteiger partial charge in [-0.05, 0) is 80.6 Å². The number of hydrogen-bond donors (Lipinski definition) is 3. The lowest BCUT2D eigenvalue weighted by atomic mass is 9.43.